The second-order valence-electron chi connectivity index (χ2n) is 4.80. The van der Waals surface area contributed by atoms with Gasteiger partial charge in [-0.05, 0) is 17.5 Å². The number of benzene rings is 1. The first kappa shape index (κ1) is 11.3. The molecule has 0 spiro atoms. The predicted octanol–water partition coefficient (Wildman–Crippen LogP) is 1.66. The van der Waals surface area contributed by atoms with Gasteiger partial charge in [-0.3, -0.25) is 4.68 Å². The zero-order valence-corrected chi connectivity index (χ0v) is 10.4. The van der Waals surface area contributed by atoms with Crippen molar-refractivity contribution in [3.05, 3.63) is 47.3 Å². The molecule has 4 nitrogen and oxygen atoms in total. The van der Waals surface area contributed by atoms with E-state index in [1.54, 1.807) is 10.9 Å². The van der Waals surface area contributed by atoms with Crippen LogP contribution in [-0.2, 0) is 19.9 Å². The molecule has 1 unspecified atom stereocenters. The zero-order chi connectivity index (χ0) is 12.5. The Labute approximate surface area is 106 Å². The number of para-hydroxylation sites is 1. The molecule has 0 amide bonds. The molecule has 2 heterocycles. The van der Waals surface area contributed by atoms with E-state index in [2.05, 4.69) is 16.5 Å². The Morgan fingerprint density at radius 1 is 1.50 bits per heavy atom. The van der Waals surface area contributed by atoms with Gasteiger partial charge >= 0.3 is 0 Å². The van der Waals surface area contributed by atoms with E-state index < -0.39 is 6.10 Å². The molecule has 0 aliphatic carbocycles. The van der Waals surface area contributed by atoms with Crippen molar-refractivity contribution in [3.63, 3.8) is 0 Å². The summed E-state index contributed by atoms with van der Waals surface area (Å²) in [6.07, 6.45) is 4.92. The minimum absolute atomic E-state index is 0.477. The largest absolute Gasteiger partial charge is 0.388 e. The standard InChI is InChI=1S/C14H17N3O/c1-17-9-10(8-16-17)7-13(18)12-4-2-3-11-5-6-15-14(11)12/h2-4,8-9,13,15,18H,5-7H2,1H3. The van der Waals surface area contributed by atoms with Crippen LogP contribution in [0.5, 0.6) is 0 Å². The number of anilines is 1. The summed E-state index contributed by atoms with van der Waals surface area (Å²) in [6.45, 7) is 0.964. The molecule has 0 saturated carbocycles. The molecule has 2 aromatic rings. The summed E-state index contributed by atoms with van der Waals surface area (Å²) in [6, 6.07) is 6.14. The lowest BCUT2D eigenvalue weighted by molar-refractivity contribution is 0.179. The molecule has 18 heavy (non-hydrogen) atoms. The lowest BCUT2D eigenvalue weighted by Crippen LogP contribution is -2.05. The Bertz CT molecular complexity index is 562. The summed E-state index contributed by atoms with van der Waals surface area (Å²) in [5.41, 5.74) is 4.47. The molecule has 0 radical (unpaired) electrons. The highest BCUT2D eigenvalue weighted by molar-refractivity contribution is 5.62. The molecule has 0 saturated heterocycles. The van der Waals surface area contributed by atoms with Crippen LogP contribution in [0.3, 0.4) is 0 Å². The third-order valence-electron chi connectivity index (χ3n) is 3.43. The van der Waals surface area contributed by atoms with Gasteiger partial charge in [-0.1, -0.05) is 18.2 Å². The smallest absolute Gasteiger partial charge is 0.0851 e. The van der Waals surface area contributed by atoms with E-state index in [1.165, 1.54) is 5.56 Å². The van der Waals surface area contributed by atoms with E-state index >= 15 is 0 Å². The van der Waals surface area contributed by atoms with Gasteiger partial charge in [-0.15, -0.1) is 0 Å². The second-order valence-corrected chi connectivity index (χ2v) is 4.80. The first-order valence-electron chi connectivity index (χ1n) is 6.25. The zero-order valence-electron chi connectivity index (χ0n) is 10.4. The van der Waals surface area contributed by atoms with Gasteiger partial charge in [0.2, 0.25) is 0 Å². The van der Waals surface area contributed by atoms with E-state index in [4.69, 9.17) is 0 Å². The minimum atomic E-state index is -0.477. The summed E-state index contributed by atoms with van der Waals surface area (Å²) in [4.78, 5) is 0. The van der Waals surface area contributed by atoms with Crippen molar-refractivity contribution in [1.82, 2.24) is 9.78 Å². The Hall–Kier alpha value is -1.81. The molecule has 1 atom stereocenters. The molecule has 4 heteroatoms. The van der Waals surface area contributed by atoms with Gasteiger partial charge in [0.25, 0.3) is 0 Å². The number of aliphatic hydroxyl groups excluding tert-OH is 1. The van der Waals surface area contributed by atoms with Crippen LogP contribution >= 0.6 is 0 Å². The van der Waals surface area contributed by atoms with Crippen LogP contribution in [0.25, 0.3) is 0 Å². The van der Waals surface area contributed by atoms with Crippen LogP contribution in [0.2, 0.25) is 0 Å². The van der Waals surface area contributed by atoms with Gasteiger partial charge in [0.05, 0.1) is 12.3 Å². The van der Waals surface area contributed by atoms with E-state index in [-0.39, 0.29) is 0 Å². The minimum Gasteiger partial charge on any atom is -0.388 e. The fraction of sp³-hybridized carbons (Fsp3) is 0.357. The Morgan fingerprint density at radius 3 is 3.17 bits per heavy atom. The van der Waals surface area contributed by atoms with Crippen molar-refractivity contribution >= 4 is 5.69 Å². The van der Waals surface area contributed by atoms with Gasteiger partial charge in [0.15, 0.2) is 0 Å². The number of nitrogens with zero attached hydrogens (tertiary/aromatic N) is 2. The lowest BCUT2D eigenvalue weighted by Gasteiger charge is -2.14. The molecule has 1 aliphatic heterocycles. The Balaban J connectivity index is 1.84. The maximum absolute atomic E-state index is 10.4. The lowest BCUT2D eigenvalue weighted by atomic mass is 9.99. The van der Waals surface area contributed by atoms with Crippen LogP contribution < -0.4 is 5.32 Å². The van der Waals surface area contributed by atoms with Crippen molar-refractivity contribution in [2.24, 2.45) is 7.05 Å². The third-order valence-corrected chi connectivity index (χ3v) is 3.43. The average molecular weight is 243 g/mol. The maximum Gasteiger partial charge on any atom is 0.0851 e. The third kappa shape index (κ3) is 1.99. The number of nitrogens with one attached hydrogen (secondary N) is 1. The quantitative estimate of drug-likeness (QED) is 0.862. The van der Waals surface area contributed by atoms with Crippen LogP contribution in [0.4, 0.5) is 5.69 Å². The molecular formula is C14H17N3O. The predicted molar refractivity (Wildman–Crippen MR) is 70.5 cm³/mol. The normalized spacial score (nSPS) is 15.2. The van der Waals surface area contributed by atoms with Crippen molar-refractivity contribution in [1.29, 1.82) is 0 Å². The molecule has 1 aromatic heterocycles. The van der Waals surface area contributed by atoms with Crippen LogP contribution in [-0.4, -0.2) is 21.4 Å². The molecule has 0 bridgehead atoms. The van der Waals surface area contributed by atoms with E-state index in [9.17, 15) is 5.11 Å². The summed E-state index contributed by atoms with van der Waals surface area (Å²) >= 11 is 0. The van der Waals surface area contributed by atoms with Crippen molar-refractivity contribution in [2.45, 2.75) is 18.9 Å². The van der Waals surface area contributed by atoms with Crippen molar-refractivity contribution < 1.29 is 5.11 Å². The fourth-order valence-corrected chi connectivity index (χ4v) is 2.55. The highest BCUT2D eigenvalue weighted by Gasteiger charge is 2.19. The topological polar surface area (TPSA) is 50.1 Å². The molecule has 1 aromatic carbocycles. The van der Waals surface area contributed by atoms with Gasteiger partial charge in [0.1, 0.15) is 0 Å². The number of fused-ring (bicyclic) bond motifs is 1. The van der Waals surface area contributed by atoms with Crippen LogP contribution in [0.1, 0.15) is 22.8 Å². The Kier molecular flexibility index (Phi) is 2.80. The number of rotatable bonds is 3. The molecule has 94 valence electrons. The molecule has 0 fully saturated rings. The van der Waals surface area contributed by atoms with Gasteiger partial charge < -0.3 is 10.4 Å². The van der Waals surface area contributed by atoms with Gasteiger partial charge in [-0.25, -0.2) is 0 Å². The monoisotopic (exact) mass is 243 g/mol. The van der Waals surface area contributed by atoms with E-state index in [0.717, 1.165) is 29.8 Å². The highest BCUT2D eigenvalue weighted by atomic mass is 16.3. The second kappa shape index (κ2) is 4.46. The SMILES string of the molecule is Cn1cc(CC(O)c2cccc3c2NCC3)cn1. The van der Waals surface area contributed by atoms with Gasteiger partial charge in [-0.2, -0.15) is 5.10 Å². The van der Waals surface area contributed by atoms with Crippen molar-refractivity contribution in [2.75, 3.05) is 11.9 Å². The number of aliphatic hydroxyl groups is 1. The first-order chi connectivity index (χ1) is 8.74. The summed E-state index contributed by atoms with van der Waals surface area (Å²) in [5.74, 6) is 0. The number of hydrogen-bond donors (Lipinski definition) is 2. The molecule has 2 N–H and O–H groups in total. The summed E-state index contributed by atoms with van der Waals surface area (Å²) < 4.78 is 1.76. The number of aromatic nitrogens is 2. The molecule has 3 rings (SSSR count). The highest BCUT2D eigenvalue weighted by Crippen LogP contribution is 2.32. The van der Waals surface area contributed by atoms with Crippen LogP contribution in [0, 0.1) is 0 Å². The fourth-order valence-electron chi connectivity index (χ4n) is 2.55. The van der Waals surface area contributed by atoms with E-state index in [0.29, 0.717) is 6.42 Å². The number of aryl methyl sites for hydroxylation is 1. The van der Waals surface area contributed by atoms with Crippen molar-refractivity contribution in [3.8, 4) is 0 Å². The molecule has 1 aliphatic rings. The number of hydrogen-bond acceptors (Lipinski definition) is 3. The van der Waals surface area contributed by atoms with Crippen LogP contribution in [0.15, 0.2) is 30.6 Å². The van der Waals surface area contributed by atoms with E-state index in [1.807, 2.05) is 25.4 Å². The summed E-state index contributed by atoms with van der Waals surface area (Å²) in [7, 11) is 1.89. The Morgan fingerprint density at radius 2 is 2.39 bits per heavy atom. The summed E-state index contributed by atoms with van der Waals surface area (Å²) in [5, 5.41) is 17.9. The maximum atomic E-state index is 10.4. The average Bonchev–Trinajstić information content (AvgIpc) is 2.97. The molecular weight excluding hydrogens is 226 g/mol. The van der Waals surface area contributed by atoms with Gasteiger partial charge in [0, 0.05) is 37.5 Å². The first-order valence-corrected chi connectivity index (χ1v) is 6.25.